The van der Waals surface area contributed by atoms with Crippen molar-refractivity contribution in [2.75, 3.05) is 14.2 Å². The number of benzene rings is 2. The normalized spacial score (nSPS) is 15.0. The largest absolute Gasteiger partial charge is 0.493 e. The maximum atomic E-state index is 13.6. The lowest BCUT2D eigenvalue weighted by Crippen LogP contribution is -2.31. The van der Waals surface area contributed by atoms with Crippen LogP contribution < -0.4 is 20.3 Å². The predicted molar refractivity (Wildman–Crippen MR) is 131 cm³/mol. The van der Waals surface area contributed by atoms with E-state index >= 15 is 0 Å². The van der Waals surface area contributed by atoms with Gasteiger partial charge in [0.25, 0.3) is 11.5 Å². The summed E-state index contributed by atoms with van der Waals surface area (Å²) in [7, 11) is 3.09. The molecule has 3 aromatic rings. The SMILES string of the molecule is CCC(CC)n1cc(C(=O)NC2CCc3cc(C)ccc32)c2cc(OC)c(OC)cc2c1=O. The Morgan fingerprint density at radius 1 is 1.09 bits per heavy atom. The topological polar surface area (TPSA) is 69.6 Å². The molecule has 0 saturated heterocycles. The zero-order chi connectivity index (χ0) is 23.7. The molecule has 4 rings (SSSR count). The van der Waals surface area contributed by atoms with Crippen LogP contribution in [0.4, 0.5) is 0 Å². The van der Waals surface area contributed by atoms with Gasteiger partial charge in [-0.05, 0) is 55.9 Å². The minimum absolute atomic E-state index is 0.0109. The molecule has 0 saturated carbocycles. The molecule has 1 aliphatic rings. The number of nitrogens with zero attached hydrogens (tertiary/aromatic N) is 1. The summed E-state index contributed by atoms with van der Waals surface area (Å²) in [6.45, 7) is 6.19. The van der Waals surface area contributed by atoms with Gasteiger partial charge in [-0.1, -0.05) is 37.6 Å². The molecule has 1 N–H and O–H groups in total. The first-order chi connectivity index (χ1) is 15.9. The van der Waals surface area contributed by atoms with Gasteiger partial charge in [0.15, 0.2) is 11.5 Å². The van der Waals surface area contributed by atoms with Crippen molar-refractivity contribution in [3.8, 4) is 11.5 Å². The van der Waals surface area contributed by atoms with Crippen LogP contribution in [0.1, 0.15) is 72.2 Å². The highest BCUT2D eigenvalue weighted by molar-refractivity contribution is 6.07. The third kappa shape index (κ3) is 4.10. The van der Waals surface area contributed by atoms with Crippen molar-refractivity contribution in [3.63, 3.8) is 0 Å². The number of rotatable bonds is 7. The second kappa shape index (κ2) is 9.30. The van der Waals surface area contributed by atoms with Crippen LogP contribution in [0, 0.1) is 6.92 Å². The Balaban J connectivity index is 1.84. The zero-order valence-corrected chi connectivity index (χ0v) is 20.0. The summed E-state index contributed by atoms with van der Waals surface area (Å²) in [6.07, 6.45) is 5.12. The Kier molecular flexibility index (Phi) is 6.45. The lowest BCUT2D eigenvalue weighted by atomic mass is 10.0. The fraction of sp³-hybridized carbons (Fsp3) is 0.407. The van der Waals surface area contributed by atoms with Crippen LogP contribution in [0.5, 0.6) is 11.5 Å². The molecule has 1 aliphatic carbocycles. The first-order valence-electron chi connectivity index (χ1n) is 11.6. The Labute approximate surface area is 194 Å². The number of hydrogen-bond donors (Lipinski definition) is 1. The second-order valence-electron chi connectivity index (χ2n) is 8.75. The first kappa shape index (κ1) is 22.9. The van der Waals surface area contributed by atoms with E-state index in [2.05, 4.69) is 44.3 Å². The van der Waals surface area contributed by atoms with E-state index in [1.165, 1.54) is 16.7 Å². The summed E-state index contributed by atoms with van der Waals surface area (Å²) in [6, 6.07) is 9.77. The Morgan fingerprint density at radius 2 is 1.76 bits per heavy atom. The molecule has 6 nitrogen and oxygen atoms in total. The van der Waals surface area contributed by atoms with E-state index in [1.54, 1.807) is 37.1 Å². The maximum absolute atomic E-state index is 13.6. The van der Waals surface area contributed by atoms with Crippen LogP contribution in [0.15, 0.2) is 41.3 Å². The molecule has 1 heterocycles. The summed E-state index contributed by atoms with van der Waals surface area (Å²) >= 11 is 0. The predicted octanol–water partition coefficient (Wildman–Crippen LogP) is 5.11. The standard InChI is InChI=1S/C27H32N2O4/c1-6-18(7-2)29-15-22(20-13-24(32-4)25(33-5)14-21(20)27(29)31)26(30)28-23-11-9-17-12-16(3)8-10-19(17)23/h8,10,12-15,18,23H,6-7,9,11H2,1-5H3,(H,28,30). The van der Waals surface area contributed by atoms with Crippen molar-refractivity contribution in [2.45, 2.75) is 58.5 Å². The minimum atomic E-state index is -0.189. The van der Waals surface area contributed by atoms with Gasteiger partial charge in [-0.25, -0.2) is 0 Å². The number of hydrogen-bond acceptors (Lipinski definition) is 4. The smallest absolute Gasteiger partial charge is 0.258 e. The highest BCUT2D eigenvalue weighted by Crippen LogP contribution is 2.35. The van der Waals surface area contributed by atoms with Crippen molar-refractivity contribution in [2.24, 2.45) is 0 Å². The minimum Gasteiger partial charge on any atom is -0.493 e. The van der Waals surface area contributed by atoms with E-state index in [0.717, 1.165) is 25.7 Å². The average molecular weight is 449 g/mol. The molecule has 0 spiro atoms. The number of aryl methyl sites for hydroxylation is 2. The summed E-state index contributed by atoms with van der Waals surface area (Å²) in [5.41, 5.74) is 4.03. The van der Waals surface area contributed by atoms with Crippen LogP contribution in [0.3, 0.4) is 0 Å². The number of carbonyl (C=O) groups is 1. The third-order valence-corrected chi connectivity index (χ3v) is 6.81. The van der Waals surface area contributed by atoms with Gasteiger partial charge in [0.05, 0.1) is 31.2 Å². The van der Waals surface area contributed by atoms with Crippen LogP contribution in [-0.4, -0.2) is 24.7 Å². The van der Waals surface area contributed by atoms with Crippen LogP contribution in [-0.2, 0) is 6.42 Å². The lowest BCUT2D eigenvalue weighted by molar-refractivity contribution is 0.0937. The summed E-state index contributed by atoms with van der Waals surface area (Å²) < 4.78 is 12.6. The second-order valence-corrected chi connectivity index (χ2v) is 8.75. The molecule has 0 fully saturated rings. The van der Waals surface area contributed by atoms with Crippen molar-refractivity contribution < 1.29 is 14.3 Å². The molecule has 0 radical (unpaired) electrons. The molecular weight excluding hydrogens is 416 g/mol. The van der Waals surface area contributed by atoms with Gasteiger partial charge >= 0.3 is 0 Å². The van der Waals surface area contributed by atoms with Crippen molar-refractivity contribution in [3.05, 3.63) is 69.1 Å². The van der Waals surface area contributed by atoms with Crippen LogP contribution >= 0.6 is 0 Å². The molecule has 0 bridgehead atoms. The maximum Gasteiger partial charge on any atom is 0.258 e. The van der Waals surface area contributed by atoms with Crippen molar-refractivity contribution in [1.82, 2.24) is 9.88 Å². The molecule has 1 aromatic heterocycles. The summed E-state index contributed by atoms with van der Waals surface area (Å²) in [5.74, 6) is 0.765. The molecule has 1 unspecified atom stereocenters. The monoisotopic (exact) mass is 448 g/mol. The Morgan fingerprint density at radius 3 is 2.39 bits per heavy atom. The quantitative estimate of drug-likeness (QED) is 0.546. The van der Waals surface area contributed by atoms with E-state index in [1.807, 2.05) is 0 Å². The van der Waals surface area contributed by atoms with Gasteiger partial charge < -0.3 is 19.4 Å². The molecule has 2 aromatic carbocycles. The molecule has 6 heteroatoms. The summed E-state index contributed by atoms with van der Waals surface area (Å²) in [4.78, 5) is 27.0. The van der Waals surface area contributed by atoms with E-state index < -0.39 is 0 Å². The number of amides is 1. The van der Waals surface area contributed by atoms with Gasteiger partial charge in [0, 0.05) is 17.6 Å². The van der Waals surface area contributed by atoms with E-state index in [0.29, 0.717) is 27.8 Å². The number of carbonyl (C=O) groups excluding carboxylic acids is 1. The van der Waals surface area contributed by atoms with Gasteiger partial charge in [-0.3, -0.25) is 9.59 Å². The Bertz CT molecular complexity index is 1260. The fourth-order valence-electron chi connectivity index (χ4n) is 4.95. The number of methoxy groups -OCH3 is 2. The third-order valence-electron chi connectivity index (χ3n) is 6.81. The van der Waals surface area contributed by atoms with E-state index in [4.69, 9.17) is 9.47 Å². The first-order valence-corrected chi connectivity index (χ1v) is 11.6. The van der Waals surface area contributed by atoms with E-state index in [9.17, 15) is 9.59 Å². The number of nitrogens with one attached hydrogen (secondary N) is 1. The highest BCUT2D eigenvalue weighted by Gasteiger charge is 2.26. The van der Waals surface area contributed by atoms with Gasteiger partial charge in [0.2, 0.25) is 0 Å². The Hall–Kier alpha value is -3.28. The lowest BCUT2D eigenvalue weighted by Gasteiger charge is -2.21. The van der Waals surface area contributed by atoms with Crippen molar-refractivity contribution >= 4 is 16.7 Å². The molecule has 1 atom stereocenters. The van der Waals surface area contributed by atoms with Crippen LogP contribution in [0.2, 0.25) is 0 Å². The number of pyridine rings is 1. The van der Waals surface area contributed by atoms with E-state index in [-0.39, 0.29) is 23.6 Å². The number of fused-ring (bicyclic) bond motifs is 2. The summed E-state index contributed by atoms with van der Waals surface area (Å²) in [5, 5.41) is 4.25. The average Bonchev–Trinajstić information content (AvgIpc) is 3.21. The fourth-order valence-corrected chi connectivity index (χ4v) is 4.95. The van der Waals surface area contributed by atoms with Crippen LogP contribution in [0.25, 0.3) is 10.8 Å². The van der Waals surface area contributed by atoms with Gasteiger partial charge in [-0.15, -0.1) is 0 Å². The molecule has 0 aliphatic heterocycles. The molecule has 1 amide bonds. The molecule has 174 valence electrons. The van der Waals surface area contributed by atoms with Gasteiger partial charge in [0.1, 0.15) is 0 Å². The van der Waals surface area contributed by atoms with Gasteiger partial charge in [-0.2, -0.15) is 0 Å². The molecule has 33 heavy (non-hydrogen) atoms. The van der Waals surface area contributed by atoms with Crippen molar-refractivity contribution in [1.29, 1.82) is 0 Å². The zero-order valence-electron chi connectivity index (χ0n) is 20.0. The number of aromatic nitrogens is 1. The number of ether oxygens (including phenoxy) is 2. The molecular formula is C27H32N2O4. The highest BCUT2D eigenvalue weighted by atomic mass is 16.5.